The zero-order valence-corrected chi connectivity index (χ0v) is 8.51. The van der Waals surface area contributed by atoms with Gasteiger partial charge in [-0.3, -0.25) is 0 Å². The normalized spacial score (nSPS) is 12.5. The molecule has 0 rings (SSSR count). The lowest BCUT2D eigenvalue weighted by Crippen LogP contribution is -2.18. The summed E-state index contributed by atoms with van der Waals surface area (Å²) < 4.78 is 17.5. The highest BCUT2D eigenvalue weighted by Crippen LogP contribution is 2.09. The SMILES string of the molecule is CCCCCC[C@@H](F)C(=O)OCC. The molecule has 0 saturated carbocycles. The van der Waals surface area contributed by atoms with E-state index in [1.807, 2.05) is 0 Å². The van der Waals surface area contributed by atoms with Gasteiger partial charge in [-0.2, -0.15) is 0 Å². The van der Waals surface area contributed by atoms with E-state index in [1.165, 1.54) is 0 Å². The fourth-order valence-electron chi connectivity index (χ4n) is 1.10. The van der Waals surface area contributed by atoms with Gasteiger partial charge in [0.2, 0.25) is 0 Å². The van der Waals surface area contributed by atoms with Crippen LogP contribution in [-0.4, -0.2) is 18.7 Å². The monoisotopic (exact) mass is 190 g/mol. The van der Waals surface area contributed by atoms with Crippen LogP contribution in [0.5, 0.6) is 0 Å². The maximum absolute atomic E-state index is 12.9. The van der Waals surface area contributed by atoms with Crippen molar-refractivity contribution in [3.8, 4) is 0 Å². The van der Waals surface area contributed by atoms with Crippen LogP contribution >= 0.6 is 0 Å². The molecule has 3 heteroatoms. The van der Waals surface area contributed by atoms with E-state index in [4.69, 9.17) is 0 Å². The number of hydrogen-bond acceptors (Lipinski definition) is 2. The van der Waals surface area contributed by atoms with Crippen LogP contribution in [0.25, 0.3) is 0 Å². The molecule has 0 radical (unpaired) electrons. The van der Waals surface area contributed by atoms with Crippen molar-refractivity contribution in [1.29, 1.82) is 0 Å². The minimum atomic E-state index is -1.42. The maximum atomic E-state index is 12.9. The molecule has 0 aliphatic rings. The summed E-state index contributed by atoms with van der Waals surface area (Å²) in [5.41, 5.74) is 0. The molecule has 1 atom stereocenters. The standard InChI is InChI=1S/C10H19FO2/c1-3-5-6-7-8-9(11)10(12)13-4-2/h9H,3-8H2,1-2H3/t9-/m1/s1. The van der Waals surface area contributed by atoms with Gasteiger partial charge in [-0.15, -0.1) is 0 Å². The van der Waals surface area contributed by atoms with Gasteiger partial charge < -0.3 is 4.74 Å². The van der Waals surface area contributed by atoms with E-state index in [2.05, 4.69) is 11.7 Å². The third-order valence-electron chi connectivity index (χ3n) is 1.85. The highest BCUT2D eigenvalue weighted by atomic mass is 19.1. The van der Waals surface area contributed by atoms with Crippen LogP contribution in [0.1, 0.15) is 46.0 Å². The average Bonchev–Trinajstić information content (AvgIpc) is 2.12. The minimum Gasteiger partial charge on any atom is -0.464 e. The maximum Gasteiger partial charge on any atom is 0.340 e. The Kier molecular flexibility index (Phi) is 7.65. The molecule has 0 aromatic heterocycles. The van der Waals surface area contributed by atoms with E-state index in [9.17, 15) is 9.18 Å². The van der Waals surface area contributed by atoms with Crippen LogP contribution in [0, 0.1) is 0 Å². The molecule has 2 nitrogen and oxygen atoms in total. The molecule has 0 aliphatic heterocycles. The highest BCUT2D eigenvalue weighted by Gasteiger charge is 2.17. The number of hydrogen-bond donors (Lipinski definition) is 0. The first-order valence-corrected chi connectivity index (χ1v) is 5.03. The largest absolute Gasteiger partial charge is 0.464 e. The zero-order valence-electron chi connectivity index (χ0n) is 8.51. The number of rotatable bonds is 7. The summed E-state index contributed by atoms with van der Waals surface area (Å²) >= 11 is 0. The second-order valence-electron chi connectivity index (χ2n) is 3.07. The number of esters is 1. The van der Waals surface area contributed by atoms with Crippen LogP contribution in [0.2, 0.25) is 0 Å². The summed E-state index contributed by atoms with van der Waals surface area (Å²) in [4.78, 5) is 10.8. The molecule has 0 aromatic carbocycles. The van der Waals surface area contributed by atoms with Crippen molar-refractivity contribution in [2.24, 2.45) is 0 Å². The summed E-state index contributed by atoms with van der Waals surface area (Å²) in [5, 5.41) is 0. The molecule has 0 bridgehead atoms. The van der Waals surface area contributed by atoms with Crippen molar-refractivity contribution in [3.63, 3.8) is 0 Å². The van der Waals surface area contributed by atoms with Crippen molar-refractivity contribution in [2.75, 3.05) is 6.61 Å². The van der Waals surface area contributed by atoms with Crippen LogP contribution < -0.4 is 0 Å². The second-order valence-corrected chi connectivity index (χ2v) is 3.07. The van der Waals surface area contributed by atoms with Gasteiger partial charge in [0.25, 0.3) is 0 Å². The summed E-state index contributed by atoms with van der Waals surface area (Å²) in [6.07, 6.45) is 2.88. The van der Waals surface area contributed by atoms with Gasteiger partial charge >= 0.3 is 5.97 Å². The number of halogens is 1. The first kappa shape index (κ1) is 12.4. The van der Waals surface area contributed by atoms with Crippen molar-refractivity contribution in [2.45, 2.75) is 52.1 Å². The van der Waals surface area contributed by atoms with Crippen molar-refractivity contribution in [3.05, 3.63) is 0 Å². The first-order chi connectivity index (χ1) is 6.22. The Balaban J connectivity index is 3.38. The molecule has 13 heavy (non-hydrogen) atoms. The Morgan fingerprint density at radius 3 is 2.54 bits per heavy atom. The highest BCUT2D eigenvalue weighted by molar-refractivity contribution is 5.74. The molecule has 0 spiro atoms. The molecule has 0 fully saturated rings. The van der Waals surface area contributed by atoms with E-state index < -0.39 is 12.1 Å². The van der Waals surface area contributed by atoms with Gasteiger partial charge in [-0.05, 0) is 19.8 Å². The van der Waals surface area contributed by atoms with E-state index >= 15 is 0 Å². The van der Waals surface area contributed by atoms with E-state index in [0.717, 1.165) is 25.7 Å². The lowest BCUT2D eigenvalue weighted by molar-refractivity contribution is -0.149. The number of alkyl halides is 1. The predicted octanol–water partition coefficient (Wildman–Crippen LogP) is 2.86. The summed E-state index contributed by atoms with van der Waals surface area (Å²) in [7, 11) is 0. The van der Waals surface area contributed by atoms with Gasteiger partial charge in [0.05, 0.1) is 6.61 Å². The van der Waals surface area contributed by atoms with E-state index in [1.54, 1.807) is 6.92 Å². The van der Waals surface area contributed by atoms with Gasteiger partial charge in [0.15, 0.2) is 6.17 Å². The molecule has 0 saturated heterocycles. The van der Waals surface area contributed by atoms with Crippen LogP contribution in [0.15, 0.2) is 0 Å². The Hall–Kier alpha value is -0.600. The smallest absolute Gasteiger partial charge is 0.340 e. The Morgan fingerprint density at radius 1 is 1.31 bits per heavy atom. The minimum absolute atomic E-state index is 0.258. The third-order valence-corrected chi connectivity index (χ3v) is 1.85. The molecular weight excluding hydrogens is 171 g/mol. The van der Waals surface area contributed by atoms with Crippen LogP contribution in [0.4, 0.5) is 4.39 Å². The Morgan fingerprint density at radius 2 is 2.00 bits per heavy atom. The zero-order chi connectivity index (χ0) is 10.1. The van der Waals surface area contributed by atoms with Crippen LogP contribution in [-0.2, 0) is 9.53 Å². The number of carbonyl (C=O) groups excluding carboxylic acids is 1. The third kappa shape index (κ3) is 6.55. The van der Waals surface area contributed by atoms with Crippen molar-refractivity contribution < 1.29 is 13.9 Å². The molecule has 78 valence electrons. The average molecular weight is 190 g/mol. The summed E-state index contributed by atoms with van der Waals surface area (Å²) in [6.45, 7) is 4.04. The molecule has 0 heterocycles. The molecular formula is C10H19FO2. The number of carbonyl (C=O) groups is 1. The lowest BCUT2D eigenvalue weighted by atomic mass is 10.1. The molecule has 0 aliphatic carbocycles. The summed E-state index contributed by atoms with van der Waals surface area (Å²) in [6, 6.07) is 0. The predicted molar refractivity (Wildman–Crippen MR) is 50.3 cm³/mol. The molecule has 0 amide bonds. The number of ether oxygens (including phenoxy) is 1. The fraction of sp³-hybridized carbons (Fsp3) is 0.900. The van der Waals surface area contributed by atoms with Crippen LogP contribution in [0.3, 0.4) is 0 Å². The van der Waals surface area contributed by atoms with Gasteiger partial charge in [-0.1, -0.05) is 26.2 Å². The van der Waals surface area contributed by atoms with Gasteiger partial charge in [0.1, 0.15) is 0 Å². The van der Waals surface area contributed by atoms with Crippen molar-refractivity contribution >= 4 is 5.97 Å². The molecule has 0 aromatic rings. The molecule has 0 N–H and O–H groups in total. The van der Waals surface area contributed by atoms with E-state index in [-0.39, 0.29) is 6.61 Å². The van der Waals surface area contributed by atoms with Gasteiger partial charge in [-0.25, -0.2) is 9.18 Å². The fourth-order valence-corrected chi connectivity index (χ4v) is 1.10. The quantitative estimate of drug-likeness (QED) is 0.456. The second kappa shape index (κ2) is 8.02. The van der Waals surface area contributed by atoms with Gasteiger partial charge in [0, 0.05) is 0 Å². The topological polar surface area (TPSA) is 26.3 Å². The lowest BCUT2D eigenvalue weighted by Gasteiger charge is -2.06. The summed E-state index contributed by atoms with van der Waals surface area (Å²) in [5.74, 6) is -0.709. The first-order valence-electron chi connectivity index (χ1n) is 5.03. The van der Waals surface area contributed by atoms with E-state index in [0.29, 0.717) is 6.42 Å². The Bertz CT molecular complexity index is 137. The number of unbranched alkanes of at least 4 members (excludes halogenated alkanes) is 3. The van der Waals surface area contributed by atoms with Crippen molar-refractivity contribution in [1.82, 2.24) is 0 Å². The Labute approximate surface area is 79.5 Å². The molecule has 0 unspecified atom stereocenters.